The Morgan fingerprint density at radius 1 is 1.12 bits per heavy atom. The summed E-state index contributed by atoms with van der Waals surface area (Å²) in [4.78, 5) is 2.43. The molecule has 0 spiro atoms. The van der Waals surface area contributed by atoms with Crippen LogP contribution in [0.2, 0.25) is 0 Å². The van der Waals surface area contributed by atoms with E-state index in [1.54, 1.807) is 0 Å². The molecule has 0 atom stereocenters. The summed E-state index contributed by atoms with van der Waals surface area (Å²) in [5, 5.41) is 0. The molecule has 1 aliphatic heterocycles. The molecule has 0 unspecified atom stereocenters. The first-order chi connectivity index (χ1) is 3.93. The Bertz CT molecular complexity index is 63.4. The van der Waals surface area contributed by atoms with Gasteiger partial charge in [-0.2, -0.15) is 0 Å². The van der Waals surface area contributed by atoms with E-state index in [2.05, 4.69) is 20.6 Å². The van der Waals surface area contributed by atoms with Gasteiger partial charge in [0.15, 0.2) is 0 Å². The van der Waals surface area contributed by atoms with Gasteiger partial charge >= 0.3 is 0 Å². The van der Waals surface area contributed by atoms with E-state index in [1.807, 2.05) is 0 Å². The predicted molar refractivity (Wildman–Crippen MR) is 41.5 cm³/mol. The number of hydrogen-bond donors (Lipinski definition) is 0. The molecule has 0 saturated carbocycles. The van der Waals surface area contributed by atoms with E-state index in [4.69, 9.17) is 0 Å². The lowest BCUT2D eigenvalue weighted by Gasteiger charge is -2.23. The van der Waals surface area contributed by atoms with Crippen molar-refractivity contribution in [3.05, 3.63) is 0 Å². The van der Waals surface area contributed by atoms with E-state index in [0.29, 0.717) is 0 Å². The third kappa shape index (κ3) is 1.79. The Morgan fingerprint density at radius 2 is 1.75 bits per heavy atom. The molecule has 1 fully saturated rings. The van der Waals surface area contributed by atoms with Crippen LogP contribution < -0.4 is 0 Å². The third-order valence-electron chi connectivity index (χ3n) is 1.62. The van der Waals surface area contributed by atoms with Crippen molar-refractivity contribution in [1.29, 1.82) is 0 Å². The largest absolute Gasteiger partial charge is 0.335 e. The lowest BCUT2D eigenvalue weighted by atomic mass is 10.1. The van der Waals surface area contributed by atoms with Crippen molar-refractivity contribution < 1.29 is 0 Å². The fraction of sp³-hybridized carbons (Fsp3) is 1.00. The van der Waals surface area contributed by atoms with E-state index in [0.717, 1.165) is 6.24 Å². The maximum absolute atomic E-state index is 3.44. The maximum atomic E-state index is 3.44. The highest BCUT2D eigenvalue weighted by atomic mass is 79.9. The van der Waals surface area contributed by atoms with Crippen molar-refractivity contribution in [2.45, 2.75) is 19.3 Å². The Morgan fingerprint density at radius 3 is 2.12 bits per heavy atom. The van der Waals surface area contributed by atoms with Crippen LogP contribution in [-0.4, -0.2) is 24.1 Å². The van der Waals surface area contributed by atoms with Crippen molar-refractivity contribution in [3.63, 3.8) is 0 Å². The summed E-state index contributed by atoms with van der Waals surface area (Å²) >= 11 is 3.44. The van der Waals surface area contributed by atoms with Gasteiger partial charge in [0.2, 0.25) is 0 Å². The molecule has 0 aromatic heterocycles. The van der Waals surface area contributed by atoms with Gasteiger partial charge in [-0.1, -0.05) is 6.42 Å². The molecule has 0 aromatic carbocycles. The van der Waals surface area contributed by atoms with Crippen LogP contribution in [0.25, 0.3) is 0 Å². The number of rotatable bonds is 1. The summed E-state index contributed by atoms with van der Waals surface area (Å²) in [6, 6.07) is 0. The molecule has 1 nitrogen and oxygen atoms in total. The van der Waals surface area contributed by atoms with Gasteiger partial charge in [0, 0.05) is 0 Å². The minimum atomic E-state index is 1.06. The average Bonchev–Trinajstić information content (AvgIpc) is 1.90. The smallest absolute Gasteiger partial charge is 0.285 e. The number of piperidine rings is 1. The summed E-state index contributed by atoms with van der Waals surface area (Å²) < 4.78 is 0. The zero-order valence-electron chi connectivity index (χ0n) is 5.07. The van der Waals surface area contributed by atoms with Crippen LogP contribution in [0.5, 0.6) is 0 Å². The molecule has 46 valence electrons. The van der Waals surface area contributed by atoms with Crippen LogP contribution >= 0.6 is 15.8 Å². The van der Waals surface area contributed by atoms with Crippen LogP contribution in [0.15, 0.2) is 0 Å². The van der Waals surface area contributed by atoms with E-state index >= 15 is 0 Å². The molecular formula is C5H11BBrN. The standard InChI is InChI=1S/C5H11BBrN/c7-6-8-4-2-1-3-5-8/h6H,1-5H2. The molecule has 0 amide bonds. The summed E-state index contributed by atoms with van der Waals surface area (Å²) in [7, 11) is 0. The van der Waals surface area contributed by atoms with Crippen molar-refractivity contribution in [3.8, 4) is 0 Å². The molecule has 8 heavy (non-hydrogen) atoms. The van der Waals surface area contributed by atoms with Crippen LogP contribution in [0.4, 0.5) is 0 Å². The molecular weight excluding hydrogens is 165 g/mol. The number of halogens is 1. The molecule has 0 N–H and O–H groups in total. The van der Waals surface area contributed by atoms with Gasteiger partial charge in [-0.25, -0.2) is 0 Å². The first kappa shape index (κ1) is 6.62. The first-order valence-electron chi connectivity index (χ1n) is 3.22. The third-order valence-corrected chi connectivity index (χ3v) is 2.33. The Balaban J connectivity index is 2.13. The fourth-order valence-electron chi connectivity index (χ4n) is 1.08. The molecule has 1 aliphatic rings. The molecule has 3 heteroatoms. The van der Waals surface area contributed by atoms with Gasteiger partial charge in [-0.05, 0) is 25.9 Å². The Kier molecular flexibility index (Phi) is 2.91. The van der Waals surface area contributed by atoms with Gasteiger partial charge in [-0.15, -0.1) is 15.8 Å². The monoisotopic (exact) mass is 175 g/mol. The number of hydrogen-bond acceptors (Lipinski definition) is 1. The zero-order valence-corrected chi connectivity index (χ0v) is 6.65. The second-order valence-corrected chi connectivity index (χ2v) is 2.80. The second-order valence-electron chi connectivity index (χ2n) is 2.30. The molecule has 0 aromatic rings. The average molecular weight is 176 g/mol. The van der Waals surface area contributed by atoms with Gasteiger partial charge in [0.05, 0.1) is 0 Å². The lowest BCUT2D eigenvalue weighted by Crippen LogP contribution is -2.30. The normalized spacial score (nSPS) is 23.1. The molecule has 0 aliphatic carbocycles. The minimum Gasteiger partial charge on any atom is -0.335 e. The lowest BCUT2D eigenvalue weighted by molar-refractivity contribution is 0.366. The second kappa shape index (κ2) is 3.52. The quantitative estimate of drug-likeness (QED) is 0.541. The topological polar surface area (TPSA) is 3.24 Å². The van der Waals surface area contributed by atoms with Gasteiger partial charge in [0.25, 0.3) is 6.24 Å². The van der Waals surface area contributed by atoms with Crippen molar-refractivity contribution in [2.75, 3.05) is 13.1 Å². The Hall–Kier alpha value is 0.505. The Labute approximate surface area is 59.7 Å². The molecule has 1 heterocycles. The van der Waals surface area contributed by atoms with E-state index in [-0.39, 0.29) is 0 Å². The van der Waals surface area contributed by atoms with E-state index in [1.165, 1.54) is 32.4 Å². The molecule has 0 radical (unpaired) electrons. The fourth-order valence-corrected chi connectivity index (χ4v) is 1.58. The van der Waals surface area contributed by atoms with Crippen molar-refractivity contribution in [2.24, 2.45) is 0 Å². The summed E-state index contributed by atoms with van der Waals surface area (Å²) in [5.74, 6) is 0. The molecule has 1 rings (SSSR count). The highest BCUT2D eigenvalue weighted by Crippen LogP contribution is 2.07. The van der Waals surface area contributed by atoms with Crippen LogP contribution in [-0.2, 0) is 0 Å². The summed E-state index contributed by atoms with van der Waals surface area (Å²) in [6.45, 7) is 2.59. The van der Waals surface area contributed by atoms with Gasteiger partial charge in [-0.3, -0.25) is 0 Å². The summed E-state index contributed by atoms with van der Waals surface area (Å²) in [5.41, 5.74) is 0. The predicted octanol–water partition coefficient (Wildman–Crippen LogP) is 1.13. The zero-order chi connectivity index (χ0) is 5.82. The maximum Gasteiger partial charge on any atom is 0.285 e. The van der Waals surface area contributed by atoms with Crippen molar-refractivity contribution in [1.82, 2.24) is 4.81 Å². The molecule has 0 bridgehead atoms. The highest BCUT2D eigenvalue weighted by Gasteiger charge is 2.07. The first-order valence-corrected chi connectivity index (χ1v) is 4.34. The van der Waals surface area contributed by atoms with Crippen LogP contribution in [0.3, 0.4) is 0 Å². The SMILES string of the molecule is BrBN1CCCCC1. The van der Waals surface area contributed by atoms with E-state index in [9.17, 15) is 0 Å². The van der Waals surface area contributed by atoms with Gasteiger partial charge < -0.3 is 4.81 Å². The van der Waals surface area contributed by atoms with Crippen molar-refractivity contribution >= 4 is 22.0 Å². The number of nitrogens with zero attached hydrogens (tertiary/aromatic N) is 1. The van der Waals surface area contributed by atoms with Crippen LogP contribution in [0.1, 0.15) is 19.3 Å². The van der Waals surface area contributed by atoms with Gasteiger partial charge in [0.1, 0.15) is 0 Å². The highest BCUT2D eigenvalue weighted by molar-refractivity contribution is 9.23. The van der Waals surface area contributed by atoms with E-state index < -0.39 is 0 Å². The van der Waals surface area contributed by atoms with Crippen LogP contribution in [0, 0.1) is 0 Å². The molecule has 1 saturated heterocycles. The minimum absolute atomic E-state index is 1.06. The summed E-state index contributed by atoms with van der Waals surface area (Å²) in [6.07, 6.45) is 5.29.